The second-order valence-corrected chi connectivity index (χ2v) is 3.88. The third-order valence-corrected chi connectivity index (χ3v) is 2.66. The fourth-order valence-electron chi connectivity index (χ4n) is 1.68. The average molecular weight is 227 g/mol. The van der Waals surface area contributed by atoms with Crippen LogP contribution >= 0.6 is 0 Å². The Morgan fingerprint density at radius 3 is 2.69 bits per heavy atom. The van der Waals surface area contributed by atoms with Gasteiger partial charge in [-0.15, -0.1) is 0 Å². The molecular formula is C11H11F2NO2. The standard InChI is InChI=1S/C11H11F2NO2/c12-8-1-2-9(10(13)3-8)11(16)14-4-7(5-14)6-15/h1-3,7,15H,4-6H2. The van der Waals surface area contributed by atoms with Crippen LogP contribution in [0, 0.1) is 17.6 Å². The highest BCUT2D eigenvalue weighted by Gasteiger charge is 2.31. The van der Waals surface area contributed by atoms with Crippen molar-refractivity contribution in [3.05, 3.63) is 35.4 Å². The fourth-order valence-corrected chi connectivity index (χ4v) is 1.68. The zero-order chi connectivity index (χ0) is 11.7. The van der Waals surface area contributed by atoms with Crippen LogP contribution in [0.1, 0.15) is 10.4 Å². The van der Waals surface area contributed by atoms with E-state index >= 15 is 0 Å². The molecule has 0 bridgehead atoms. The number of likely N-dealkylation sites (tertiary alicyclic amines) is 1. The lowest BCUT2D eigenvalue weighted by Gasteiger charge is -2.38. The highest BCUT2D eigenvalue weighted by atomic mass is 19.1. The molecule has 1 amide bonds. The number of nitrogens with zero attached hydrogens (tertiary/aromatic N) is 1. The summed E-state index contributed by atoms with van der Waals surface area (Å²) in [5.41, 5.74) is -0.127. The Balaban J connectivity index is 2.10. The Morgan fingerprint density at radius 2 is 2.12 bits per heavy atom. The van der Waals surface area contributed by atoms with Crippen molar-refractivity contribution in [3.63, 3.8) is 0 Å². The zero-order valence-electron chi connectivity index (χ0n) is 8.49. The van der Waals surface area contributed by atoms with Crippen molar-refractivity contribution in [1.82, 2.24) is 4.90 Å². The average Bonchev–Trinajstić information content (AvgIpc) is 2.15. The minimum Gasteiger partial charge on any atom is -0.396 e. The maximum atomic E-state index is 13.3. The van der Waals surface area contributed by atoms with E-state index in [0.29, 0.717) is 19.2 Å². The minimum atomic E-state index is -0.850. The van der Waals surface area contributed by atoms with Gasteiger partial charge in [-0.3, -0.25) is 4.79 Å². The molecule has 1 aromatic carbocycles. The van der Waals surface area contributed by atoms with Crippen molar-refractivity contribution >= 4 is 5.91 Å². The first-order valence-electron chi connectivity index (χ1n) is 4.97. The molecule has 0 radical (unpaired) electrons. The van der Waals surface area contributed by atoms with Crippen LogP contribution in [0.5, 0.6) is 0 Å². The second-order valence-electron chi connectivity index (χ2n) is 3.88. The minimum absolute atomic E-state index is 0.0235. The molecule has 0 aromatic heterocycles. The summed E-state index contributed by atoms with van der Waals surface area (Å²) in [7, 11) is 0. The number of aliphatic hydroxyl groups excluding tert-OH is 1. The molecule has 3 nitrogen and oxygen atoms in total. The van der Waals surface area contributed by atoms with E-state index < -0.39 is 17.5 Å². The summed E-state index contributed by atoms with van der Waals surface area (Å²) in [4.78, 5) is 13.1. The Morgan fingerprint density at radius 1 is 1.44 bits per heavy atom. The summed E-state index contributed by atoms with van der Waals surface area (Å²) in [6.45, 7) is 0.869. The highest BCUT2D eigenvalue weighted by Crippen LogP contribution is 2.19. The predicted molar refractivity (Wildman–Crippen MR) is 52.8 cm³/mol. The molecule has 1 aliphatic rings. The summed E-state index contributed by atoms with van der Waals surface area (Å²) in [6, 6.07) is 2.88. The topological polar surface area (TPSA) is 40.5 Å². The molecular weight excluding hydrogens is 216 g/mol. The largest absolute Gasteiger partial charge is 0.396 e. The lowest BCUT2D eigenvalue weighted by molar-refractivity contribution is 0.0358. The molecule has 0 atom stereocenters. The molecule has 0 saturated carbocycles. The van der Waals surface area contributed by atoms with E-state index in [1.54, 1.807) is 0 Å². The highest BCUT2D eigenvalue weighted by molar-refractivity contribution is 5.95. The van der Waals surface area contributed by atoms with E-state index in [1.807, 2.05) is 0 Å². The molecule has 2 rings (SSSR count). The van der Waals surface area contributed by atoms with Crippen LogP contribution in [-0.2, 0) is 0 Å². The first-order valence-corrected chi connectivity index (χ1v) is 4.97. The van der Waals surface area contributed by atoms with E-state index in [1.165, 1.54) is 4.90 Å². The molecule has 0 aliphatic carbocycles. The molecule has 0 unspecified atom stereocenters. The van der Waals surface area contributed by atoms with Gasteiger partial charge in [0.1, 0.15) is 11.6 Å². The Labute approximate surface area is 91.3 Å². The number of carbonyl (C=O) groups is 1. The van der Waals surface area contributed by atoms with E-state index in [0.717, 1.165) is 12.1 Å². The quantitative estimate of drug-likeness (QED) is 0.819. The Hall–Kier alpha value is -1.49. The molecule has 5 heteroatoms. The number of carbonyl (C=O) groups excluding carboxylic acids is 1. The molecule has 86 valence electrons. The second kappa shape index (κ2) is 4.17. The Kier molecular flexibility index (Phi) is 2.87. The number of aliphatic hydroxyl groups is 1. The molecule has 16 heavy (non-hydrogen) atoms. The van der Waals surface area contributed by atoms with Crippen LogP contribution in [0.15, 0.2) is 18.2 Å². The summed E-state index contributed by atoms with van der Waals surface area (Å²) in [5, 5.41) is 8.79. The molecule has 0 spiro atoms. The van der Waals surface area contributed by atoms with Crippen LogP contribution in [0.2, 0.25) is 0 Å². The predicted octanol–water partition coefficient (Wildman–Crippen LogP) is 1.03. The van der Waals surface area contributed by atoms with Gasteiger partial charge < -0.3 is 10.0 Å². The zero-order valence-corrected chi connectivity index (χ0v) is 8.49. The number of amides is 1. The van der Waals surface area contributed by atoms with Gasteiger partial charge in [-0.25, -0.2) is 8.78 Å². The van der Waals surface area contributed by atoms with Crippen molar-refractivity contribution < 1.29 is 18.7 Å². The summed E-state index contributed by atoms with van der Waals surface area (Å²) in [6.07, 6.45) is 0. The SMILES string of the molecule is O=C(c1ccc(F)cc1F)N1CC(CO)C1. The molecule has 1 fully saturated rings. The van der Waals surface area contributed by atoms with Crippen LogP contribution in [0.4, 0.5) is 8.78 Å². The number of hydrogen-bond donors (Lipinski definition) is 1. The lowest BCUT2D eigenvalue weighted by Crippen LogP contribution is -2.51. The summed E-state index contributed by atoms with van der Waals surface area (Å²) < 4.78 is 25.9. The number of benzene rings is 1. The smallest absolute Gasteiger partial charge is 0.256 e. The third-order valence-electron chi connectivity index (χ3n) is 2.66. The van der Waals surface area contributed by atoms with E-state index in [9.17, 15) is 13.6 Å². The van der Waals surface area contributed by atoms with Crippen molar-refractivity contribution in [2.45, 2.75) is 0 Å². The number of rotatable bonds is 2. The van der Waals surface area contributed by atoms with Gasteiger partial charge in [-0.1, -0.05) is 0 Å². The van der Waals surface area contributed by atoms with Crippen molar-refractivity contribution in [1.29, 1.82) is 0 Å². The van der Waals surface area contributed by atoms with Gasteiger partial charge in [-0.05, 0) is 12.1 Å². The first kappa shape index (κ1) is 11.0. The van der Waals surface area contributed by atoms with Gasteiger partial charge >= 0.3 is 0 Å². The molecule has 1 aromatic rings. The van der Waals surface area contributed by atoms with Crippen molar-refractivity contribution in [2.75, 3.05) is 19.7 Å². The van der Waals surface area contributed by atoms with Crippen LogP contribution < -0.4 is 0 Å². The number of hydrogen-bond acceptors (Lipinski definition) is 2. The normalized spacial score (nSPS) is 16.1. The van der Waals surface area contributed by atoms with Gasteiger partial charge in [0.15, 0.2) is 0 Å². The molecule has 1 N–H and O–H groups in total. The van der Waals surface area contributed by atoms with E-state index in [4.69, 9.17) is 5.11 Å². The molecule has 1 heterocycles. The molecule has 1 aliphatic heterocycles. The molecule has 1 saturated heterocycles. The maximum absolute atomic E-state index is 13.3. The van der Waals surface area contributed by atoms with Gasteiger partial charge in [-0.2, -0.15) is 0 Å². The van der Waals surface area contributed by atoms with Gasteiger partial charge in [0, 0.05) is 31.7 Å². The number of halogens is 2. The van der Waals surface area contributed by atoms with Crippen molar-refractivity contribution in [3.8, 4) is 0 Å². The van der Waals surface area contributed by atoms with E-state index in [2.05, 4.69) is 0 Å². The van der Waals surface area contributed by atoms with Gasteiger partial charge in [0.25, 0.3) is 5.91 Å². The summed E-state index contributed by atoms with van der Waals surface area (Å²) >= 11 is 0. The Bertz CT molecular complexity index is 416. The maximum Gasteiger partial charge on any atom is 0.256 e. The third kappa shape index (κ3) is 1.90. The van der Waals surface area contributed by atoms with Gasteiger partial charge in [0.05, 0.1) is 5.56 Å². The fraction of sp³-hybridized carbons (Fsp3) is 0.364. The lowest BCUT2D eigenvalue weighted by atomic mass is 10.00. The first-order chi connectivity index (χ1) is 7.61. The van der Waals surface area contributed by atoms with Gasteiger partial charge in [0.2, 0.25) is 0 Å². The monoisotopic (exact) mass is 227 g/mol. The van der Waals surface area contributed by atoms with Crippen molar-refractivity contribution in [2.24, 2.45) is 5.92 Å². The summed E-state index contributed by atoms with van der Waals surface area (Å²) in [5.74, 6) is -1.93. The van der Waals surface area contributed by atoms with Crippen LogP contribution in [0.3, 0.4) is 0 Å². The van der Waals surface area contributed by atoms with E-state index in [-0.39, 0.29) is 18.1 Å². The van der Waals surface area contributed by atoms with Crippen LogP contribution in [-0.4, -0.2) is 35.6 Å². The van der Waals surface area contributed by atoms with Crippen LogP contribution in [0.25, 0.3) is 0 Å².